The zero-order valence-electron chi connectivity index (χ0n) is 19.2. The van der Waals surface area contributed by atoms with Crippen LogP contribution in [0.3, 0.4) is 0 Å². The first-order valence-electron chi connectivity index (χ1n) is 11.2. The van der Waals surface area contributed by atoms with E-state index in [1.54, 1.807) is 23.1 Å². The van der Waals surface area contributed by atoms with Crippen molar-refractivity contribution in [1.29, 1.82) is 0 Å². The van der Waals surface area contributed by atoms with E-state index in [2.05, 4.69) is 15.9 Å². The van der Waals surface area contributed by atoms with Crippen molar-refractivity contribution in [3.63, 3.8) is 0 Å². The highest BCUT2D eigenvalue weighted by Gasteiger charge is 2.34. The lowest BCUT2D eigenvalue weighted by molar-refractivity contribution is -0.122. The van der Waals surface area contributed by atoms with E-state index in [0.717, 1.165) is 20.6 Å². The van der Waals surface area contributed by atoms with Gasteiger partial charge >= 0.3 is 5.97 Å². The third-order valence-electron chi connectivity index (χ3n) is 5.31. The van der Waals surface area contributed by atoms with Crippen molar-refractivity contribution < 1.29 is 19.1 Å². The van der Waals surface area contributed by atoms with Gasteiger partial charge in [-0.2, -0.15) is 0 Å². The van der Waals surface area contributed by atoms with Crippen molar-refractivity contribution >= 4 is 68.3 Å². The van der Waals surface area contributed by atoms with Gasteiger partial charge < -0.3 is 9.52 Å². The molecule has 184 valence electrons. The maximum atomic E-state index is 13.5. The minimum atomic E-state index is -0.995. The smallest absolute Gasteiger partial charge is 0.335 e. The lowest BCUT2D eigenvalue weighted by Gasteiger charge is -2.16. The number of rotatable bonds is 7. The van der Waals surface area contributed by atoms with E-state index in [1.807, 2.05) is 66.7 Å². The second-order valence-corrected chi connectivity index (χ2v) is 10.8. The largest absolute Gasteiger partial charge is 0.478 e. The molecule has 1 N–H and O–H groups in total. The molecule has 1 aliphatic heterocycles. The molecule has 0 bridgehead atoms. The van der Waals surface area contributed by atoms with Crippen LogP contribution in [-0.4, -0.2) is 27.1 Å². The number of halogens is 1. The molecule has 0 spiro atoms. The van der Waals surface area contributed by atoms with Crippen LogP contribution in [0.15, 0.2) is 120 Å². The van der Waals surface area contributed by atoms with Crippen molar-refractivity contribution in [1.82, 2.24) is 4.90 Å². The number of hydrogen-bond acceptors (Lipinski definition) is 6. The normalized spacial score (nSPS) is 15.6. The molecule has 6 nitrogen and oxygen atoms in total. The minimum absolute atomic E-state index is 0.192. The van der Waals surface area contributed by atoms with E-state index >= 15 is 0 Å². The molecule has 0 aliphatic carbocycles. The number of carbonyl (C=O) groups is 2. The van der Waals surface area contributed by atoms with E-state index in [1.165, 1.54) is 35.7 Å². The van der Waals surface area contributed by atoms with Crippen LogP contribution < -0.4 is 0 Å². The SMILES string of the molecule is O=C(O)c1ccc(CN2C(=O)/C(=C/c3cc(Br)c(Sc4ccccc4)o3)SC2=Nc2ccccc2)cc1. The highest BCUT2D eigenvalue weighted by atomic mass is 79.9. The van der Waals surface area contributed by atoms with Gasteiger partial charge in [-0.05, 0) is 75.7 Å². The standard InChI is InChI=1S/C28H19BrN2O4S2/c29-23-15-21(35-27(23)36-22-9-5-2-6-10-22)16-24-25(32)31(17-18-11-13-19(14-12-18)26(33)34)28(37-24)30-20-7-3-1-4-8-20/h1-16H,17H2,(H,33,34)/b24-16-,30-28?. The Morgan fingerprint density at radius 2 is 1.70 bits per heavy atom. The van der Waals surface area contributed by atoms with Gasteiger partial charge in [0.1, 0.15) is 5.76 Å². The molecule has 0 unspecified atom stereocenters. The molecule has 5 rings (SSSR count). The second-order valence-electron chi connectivity index (χ2n) is 7.93. The predicted molar refractivity (Wildman–Crippen MR) is 150 cm³/mol. The number of carboxylic acid groups (broad SMARTS) is 1. The zero-order chi connectivity index (χ0) is 25.8. The Bertz CT molecular complexity index is 1500. The molecule has 1 fully saturated rings. The van der Waals surface area contributed by atoms with Gasteiger partial charge in [0.15, 0.2) is 10.3 Å². The molecule has 3 aromatic carbocycles. The summed E-state index contributed by atoms with van der Waals surface area (Å²) in [6.07, 6.45) is 1.72. The number of furan rings is 1. The Labute approximate surface area is 230 Å². The summed E-state index contributed by atoms with van der Waals surface area (Å²) in [5.41, 5.74) is 1.72. The summed E-state index contributed by atoms with van der Waals surface area (Å²) in [5, 5.41) is 10.4. The van der Waals surface area contributed by atoms with E-state index < -0.39 is 5.97 Å². The van der Waals surface area contributed by atoms with Gasteiger partial charge in [-0.1, -0.05) is 60.3 Å². The molecule has 1 aromatic heterocycles. The van der Waals surface area contributed by atoms with Crippen molar-refractivity contribution in [2.75, 3.05) is 0 Å². The fourth-order valence-electron chi connectivity index (χ4n) is 3.51. The lowest BCUT2D eigenvalue weighted by atomic mass is 10.1. The molecule has 0 atom stereocenters. The Hall–Kier alpha value is -3.53. The van der Waals surface area contributed by atoms with Gasteiger partial charge in [-0.15, -0.1) is 0 Å². The number of benzene rings is 3. The second kappa shape index (κ2) is 11.2. The van der Waals surface area contributed by atoms with Crippen molar-refractivity contribution in [2.24, 2.45) is 4.99 Å². The Kier molecular flexibility index (Phi) is 7.64. The number of carboxylic acids is 1. The van der Waals surface area contributed by atoms with E-state index in [9.17, 15) is 14.7 Å². The van der Waals surface area contributed by atoms with Crippen LogP contribution in [0, 0.1) is 0 Å². The van der Waals surface area contributed by atoms with Crippen LogP contribution >= 0.6 is 39.5 Å². The number of amides is 1. The van der Waals surface area contributed by atoms with Crippen LogP contribution in [0.25, 0.3) is 6.08 Å². The maximum Gasteiger partial charge on any atom is 0.335 e. The summed E-state index contributed by atoms with van der Waals surface area (Å²) in [4.78, 5) is 32.5. The number of amidine groups is 1. The number of hydrogen-bond donors (Lipinski definition) is 1. The quantitative estimate of drug-likeness (QED) is 0.222. The third kappa shape index (κ3) is 6.07. The number of thioether (sulfide) groups is 1. The molecule has 0 saturated carbocycles. The van der Waals surface area contributed by atoms with Gasteiger partial charge in [-0.25, -0.2) is 9.79 Å². The van der Waals surface area contributed by atoms with Crippen LogP contribution in [-0.2, 0) is 11.3 Å². The lowest BCUT2D eigenvalue weighted by Crippen LogP contribution is -2.28. The molecule has 37 heavy (non-hydrogen) atoms. The van der Waals surface area contributed by atoms with Gasteiger partial charge in [0.25, 0.3) is 5.91 Å². The van der Waals surface area contributed by atoms with Gasteiger partial charge in [0.05, 0.1) is 27.2 Å². The van der Waals surface area contributed by atoms with Gasteiger partial charge in [-0.3, -0.25) is 9.69 Å². The Morgan fingerprint density at radius 1 is 1.03 bits per heavy atom. The average Bonchev–Trinajstić information content (AvgIpc) is 3.39. The molecule has 4 aromatic rings. The summed E-state index contributed by atoms with van der Waals surface area (Å²) in [6.45, 7) is 0.256. The van der Waals surface area contributed by atoms with Crippen molar-refractivity contribution in [3.05, 3.63) is 117 Å². The number of nitrogens with zero attached hydrogens (tertiary/aromatic N) is 2. The predicted octanol–water partition coefficient (Wildman–Crippen LogP) is 7.70. The highest BCUT2D eigenvalue weighted by Crippen LogP contribution is 2.39. The fraction of sp³-hybridized carbons (Fsp3) is 0.0357. The zero-order valence-corrected chi connectivity index (χ0v) is 22.4. The number of carbonyl (C=O) groups excluding carboxylic acids is 1. The van der Waals surface area contributed by atoms with E-state index in [0.29, 0.717) is 20.9 Å². The monoisotopic (exact) mass is 590 g/mol. The third-order valence-corrected chi connectivity index (χ3v) is 8.17. The summed E-state index contributed by atoms with van der Waals surface area (Å²) >= 11 is 6.32. The first-order valence-corrected chi connectivity index (χ1v) is 13.6. The first kappa shape index (κ1) is 25.1. The maximum absolute atomic E-state index is 13.5. The van der Waals surface area contributed by atoms with E-state index in [-0.39, 0.29) is 18.0 Å². The fourth-order valence-corrected chi connectivity index (χ4v) is 5.84. The van der Waals surface area contributed by atoms with Gasteiger partial charge in [0, 0.05) is 11.0 Å². The first-order chi connectivity index (χ1) is 18.0. The summed E-state index contributed by atoms with van der Waals surface area (Å²) in [7, 11) is 0. The average molecular weight is 592 g/mol. The number of aromatic carboxylic acids is 1. The van der Waals surface area contributed by atoms with Crippen molar-refractivity contribution in [3.8, 4) is 0 Å². The van der Waals surface area contributed by atoms with Crippen LogP contribution in [0.1, 0.15) is 21.7 Å². The topological polar surface area (TPSA) is 83.1 Å². The molecule has 0 radical (unpaired) electrons. The van der Waals surface area contributed by atoms with Crippen LogP contribution in [0.5, 0.6) is 0 Å². The molecule has 1 saturated heterocycles. The molecule has 1 amide bonds. The number of para-hydroxylation sites is 1. The van der Waals surface area contributed by atoms with Crippen molar-refractivity contribution in [2.45, 2.75) is 16.5 Å². The Balaban J connectivity index is 1.43. The molecular weight excluding hydrogens is 572 g/mol. The summed E-state index contributed by atoms with van der Waals surface area (Å²) < 4.78 is 6.83. The molecule has 9 heteroatoms. The Morgan fingerprint density at radius 3 is 2.38 bits per heavy atom. The summed E-state index contributed by atoms with van der Waals surface area (Å²) in [6, 6.07) is 27.6. The number of aliphatic imine (C=N–C) groups is 1. The minimum Gasteiger partial charge on any atom is -0.478 e. The summed E-state index contributed by atoms with van der Waals surface area (Å²) in [5.74, 6) is -0.648. The van der Waals surface area contributed by atoms with E-state index in [4.69, 9.17) is 9.41 Å². The van der Waals surface area contributed by atoms with Crippen LogP contribution in [0.2, 0.25) is 0 Å². The molecular formula is C28H19BrN2O4S2. The molecule has 1 aliphatic rings. The molecule has 2 heterocycles. The van der Waals surface area contributed by atoms with Gasteiger partial charge in [0.2, 0.25) is 0 Å². The highest BCUT2D eigenvalue weighted by molar-refractivity contribution is 9.10. The van der Waals surface area contributed by atoms with Crippen LogP contribution in [0.4, 0.5) is 5.69 Å².